The lowest BCUT2D eigenvalue weighted by Gasteiger charge is -2.22. The summed E-state index contributed by atoms with van der Waals surface area (Å²) in [6.45, 7) is 1.68. The highest BCUT2D eigenvalue weighted by molar-refractivity contribution is 5.23. The Bertz CT molecular complexity index is 411. The van der Waals surface area contributed by atoms with E-state index in [-0.39, 0.29) is 18.2 Å². The second kappa shape index (κ2) is 5.28. The average molecular weight is 259 g/mol. The van der Waals surface area contributed by atoms with E-state index in [2.05, 4.69) is 5.32 Å². The van der Waals surface area contributed by atoms with Gasteiger partial charge in [0.05, 0.1) is 12.6 Å². The van der Waals surface area contributed by atoms with Crippen molar-refractivity contribution in [1.29, 1.82) is 0 Å². The predicted molar refractivity (Wildman–Crippen MR) is 61.5 cm³/mol. The molecule has 0 aliphatic heterocycles. The van der Waals surface area contributed by atoms with Crippen molar-refractivity contribution >= 4 is 0 Å². The zero-order valence-corrected chi connectivity index (χ0v) is 10.1. The molecule has 0 bridgehead atoms. The molecule has 0 saturated heterocycles. The Morgan fingerprint density at radius 2 is 1.83 bits per heavy atom. The van der Waals surface area contributed by atoms with Crippen molar-refractivity contribution in [3.63, 3.8) is 0 Å². The van der Waals surface area contributed by atoms with E-state index in [0.717, 1.165) is 25.0 Å². The van der Waals surface area contributed by atoms with Crippen molar-refractivity contribution < 1.29 is 18.3 Å². The first kappa shape index (κ1) is 13.4. The molecular formula is C13H16F3NO. The summed E-state index contributed by atoms with van der Waals surface area (Å²) in [6, 6.07) is 1.43. The molecule has 2 rings (SSSR count). The molecule has 2 N–H and O–H groups in total. The minimum Gasteiger partial charge on any atom is -0.394 e. The third kappa shape index (κ3) is 2.84. The molecule has 1 aliphatic rings. The van der Waals surface area contributed by atoms with Crippen LogP contribution < -0.4 is 5.32 Å². The lowest BCUT2D eigenvalue weighted by Crippen LogP contribution is -2.34. The zero-order valence-electron chi connectivity index (χ0n) is 10.1. The summed E-state index contributed by atoms with van der Waals surface area (Å²) in [4.78, 5) is 0. The van der Waals surface area contributed by atoms with Gasteiger partial charge in [0, 0.05) is 6.04 Å². The Morgan fingerprint density at radius 3 is 2.28 bits per heavy atom. The van der Waals surface area contributed by atoms with Crippen molar-refractivity contribution in [3.05, 3.63) is 35.1 Å². The van der Waals surface area contributed by atoms with Crippen LogP contribution in [0.4, 0.5) is 13.2 Å². The van der Waals surface area contributed by atoms with Gasteiger partial charge in [0.1, 0.15) is 0 Å². The molecule has 0 amide bonds. The van der Waals surface area contributed by atoms with Crippen LogP contribution in [-0.4, -0.2) is 17.8 Å². The minimum atomic E-state index is -1.48. The van der Waals surface area contributed by atoms with E-state index in [1.165, 1.54) is 0 Å². The first-order valence-corrected chi connectivity index (χ1v) is 6.04. The highest BCUT2D eigenvalue weighted by Gasteiger charge is 2.29. The Hall–Kier alpha value is -1.07. The van der Waals surface area contributed by atoms with Gasteiger partial charge in [-0.05, 0) is 43.4 Å². The smallest absolute Gasteiger partial charge is 0.194 e. The van der Waals surface area contributed by atoms with E-state index >= 15 is 0 Å². The Kier molecular flexibility index (Phi) is 3.92. The van der Waals surface area contributed by atoms with Crippen LogP contribution in [0.15, 0.2) is 12.1 Å². The van der Waals surface area contributed by atoms with E-state index in [9.17, 15) is 18.3 Å². The van der Waals surface area contributed by atoms with Crippen LogP contribution in [0.2, 0.25) is 0 Å². The Morgan fingerprint density at radius 1 is 1.28 bits per heavy atom. The van der Waals surface area contributed by atoms with Crippen LogP contribution in [0.3, 0.4) is 0 Å². The van der Waals surface area contributed by atoms with Crippen molar-refractivity contribution in [1.82, 2.24) is 5.32 Å². The Balaban J connectivity index is 2.15. The number of aliphatic hydroxyl groups is 1. The monoisotopic (exact) mass is 259 g/mol. The maximum Gasteiger partial charge on any atom is 0.194 e. The number of hydrogen-bond acceptors (Lipinski definition) is 2. The average Bonchev–Trinajstić information content (AvgIpc) is 3.16. The van der Waals surface area contributed by atoms with Gasteiger partial charge in [-0.15, -0.1) is 0 Å². The summed E-state index contributed by atoms with van der Waals surface area (Å²) < 4.78 is 39.1. The van der Waals surface area contributed by atoms with Crippen LogP contribution in [0, 0.1) is 23.4 Å². The number of nitrogens with one attached hydrogen (secondary N) is 1. The van der Waals surface area contributed by atoms with Crippen molar-refractivity contribution in [2.75, 3.05) is 6.61 Å². The molecule has 1 aliphatic carbocycles. The van der Waals surface area contributed by atoms with Gasteiger partial charge in [-0.25, -0.2) is 13.2 Å². The molecule has 0 aromatic heterocycles. The third-order valence-electron chi connectivity index (χ3n) is 3.38. The number of halogens is 3. The number of benzene rings is 1. The van der Waals surface area contributed by atoms with Gasteiger partial charge in [0.2, 0.25) is 0 Å². The largest absolute Gasteiger partial charge is 0.394 e. The van der Waals surface area contributed by atoms with Gasteiger partial charge in [-0.1, -0.05) is 0 Å². The minimum absolute atomic E-state index is 0.165. The van der Waals surface area contributed by atoms with Crippen LogP contribution in [-0.2, 0) is 0 Å². The first-order chi connectivity index (χ1) is 8.52. The molecule has 2 nitrogen and oxygen atoms in total. The number of rotatable bonds is 5. The number of aliphatic hydroxyl groups excluding tert-OH is 1. The van der Waals surface area contributed by atoms with Crippen LogP contribution in [0.1, 0.15) is 31.4 Å². The molecule has 1 aromatic rings. The molecule has 1 fully saturated rings. The van der Waals surface area contributed by atoms with E-state index < -0.39 is 23.5 Å². The maximum atomic E-state index is 13.1. The molecule has 0 radical (unpaired) electrons. The van der Waals surface area contributed by atoms with Crippen molar-refractivity contribution in [2.24, 2.45) is 5.92 Å². The number of hydrogen-bond donors (Lipinski definition) is 2. The summed E-state index contributed by atoms with van der Waals surface area (Å²) in [7, 11) is 0. The van der Waals surface area contributed by atoms with Crippen LogP contribution in [0.25, 0.3) is 0 Å². The first-order valence-electron chi connectivity index (χ1n) is 6.04. The summed E-state index contributed by atoms with van der Waals surface area (Å²) >= 11 is 0. The summed E-state index contributed by atoms with van der Waals surface area (Å²) in [5.41, 5.74) is 0.224. The van der Waals surface area contributed by atoms with Crippen molar-refractivity contribution in [3.8, 4) is 0 Å². The van der Waals surface area contributed by atoms with Crippen LogP contribution in [0.5, 0.6) is 0 Å². The van der Waals surface area contributed by atoms with Gasteiger partial charge in [-0.2, -0.15) is 0 Å². The molecule has 0 heterocycles. The second-order valence-corrected chi connectivity index (χ2v) is 4.83. The molecular weight excluding hydrogens is 243 g/mol. The fourth-order valence-electron chi connectivity index (χ4n) is 2.08. The molecule has 5 heteroatoms. The van der Waals surface area contributed by atoms with E-state index in [1.807, 2.05) is 6.92 Å². The molecule has 0 spiro atoms. The second-order valence-electron chi connectivity index (χ2n) is 4.83. The van der Waals surface area contributed by atoms with Gasteiger partial charge in [0.15, 0.2) is 17.5 Å². The lowest BCUT2D eigenvalue weighted by molar-refractivity contribution is 0.230. The van der Waals surface area contributed by atoms with E-state index in [4.69, 9.17) is 0 Å². The summed E-state index contributed by atoms with van der Waals surface area (Å²) in [5, 5.41) is 12.4. The topological polar surface area (TPSA) is 32.3 Å². The summed E-state index contributed by atoms with van der Waals surface area (Å²) in [6.07, 6.45) is 2.25. The molecule has 2 unspecified atom stereocenters. The molecule has 18 heavy (non-hydrogen) atoms. The van der Waals surface area contributed by atoms with Crippen molar-refractivity contribution in [2.45, 2.75) is 31.8 Å². The predicted octanol–water partition coefficient (Wildman–Crippen LogP) is 2.53. The van der Waals surface area contributed by atoms with Gasteiger partial charge >= 0.3 is 0 Å². The van der Waals surface area contributed by atoms with Crippen LogP contribution >= 0.6 is 0 Å². The lowest BCUT2D eigenvalue weighted by atomic mass is 10.0. The molecule has 1 aromatic carbocycles. The van der Waals surface area contributed by atoms with E-state index in [0.29, 0.717) is 5.92 Å². The van der Waals surface area contributed by atoms with Gasteiger partial charge in [0.25, 0.3) is 0 Å². The molecule has 2 atom stereocenters. The highest BCUT2D eigenvalue weighted by Crippen LogP contribution is 2.33. The highest BCUT2D eigenvalue weighted by atomic mass is 19.2. The summed E-state index contributed by atoms with van der Waals surface area (Å²) in [5.74, 6) is -3.39. The zero-order chi connectivity index (χ0) is 13.3. The fourth-order valence-corrected chi connectivity index (χ4v) is 2.08. The molecule has 100 valence electrons. The standard InChI is InChI=1S/C13H16F3NO/c1-7(8-2-3-8)17-12(6-18)9-4-10(14)13(16)11(15)5-9/h4-5,7-8,12,17-18H,2-3,6H2,1H3. The quantitative estimate of drug-likeness (QED) is 0.796. The Labute approximate surface area is 104 Å². The molecule has 1 saturated carbocycles. The fraction of sp³-hybridized carbons (Fsp3) is 0.538. The third-order valence-corrected chi connectivity index (χ3v) is 3.38. The van der Waals surface area contributed by atoms with Gasteiger partial charge < -0.3 is 10.4 Å². The van der Waals surface area contributed by atoms with E-state index in [1.54, 1.807) is 0 Å². The maximum absolute atomic E-state index is 13.1. The SMILES string of the molecule is CC(NC(CO)c1cc(F)c(F)c(F)c1)C1CC1. The normalized spacial score (nSPS) is 18.7. The van der Waals surface area contributed by atoms with Gasteiger partial charge in [-0.3, -0.25) is 0 Å².